The van der Waals surface area contributed by atoms with Crippen LogP contribution >= 0.6 is 0 Å². The van der Waals surface area contributed by atoms with Crippen molar-refractivity contribution in [2.75, 3.05) is 6.54 Å². The molecule has 1 aliphatic heterocycles. The van der Waals surface area contributed by atoms with E-state index in [4.69, 9.17) is 5.73 Å². The van der Waals surface area contributed by atoms with E-state index in [-0.39, 0.29) is 11.8 Å². The molecule has 2 amide bonds. The monoisotopic (exact) mass is 246 g/mol. The highest BCUT2D eigenvalue weighted by atomic mass is 16.2. The standard InChI is InChI=1S/C14H18N2O2/c1-10-2-4-11(5-3-10)8-9-16-13(17)7-6-12(15)14(16)18/h2-5,12H,6-9,15H2,1H3. The topological polar surface area (TPSA) is 63.4 Å². The van der Waals surface area contributed by atoms with Gasteiger partial charge in [0.15, 0.2) is 0 Å². The highest BCUT2D eigenvalue weighted by molar-refractivity contribution is 6.00. The van der Waals surface area contributed by atoms with Crippen molar-refractivity contribution in [1.82, 2.24) is 4.90 Å². The second kappa shape index (κ2) is 5.31. The molecule has 4 heteroatoms. The Labute approximate surface area is 107 Å². The molecule has 18 heavy (non-hydrogen) atoms. The van der Waals surface area contributed by atoms with Gasteiger partial charge in [-0.15, -0.1) is 0 Å². The Balaban J connectivity index is 1.98. The number of piperidine rings is 1. The Morgan fingerprint density at radius 3 is 2.61 bits per heavy atom. The Morgan fingerprint density at radius 2 is 1.94 bits per heavy atom. The summed E-state index contributed by atoms with van der Waals surface area (Å²) in [5.41, 5.74) is 8.00. The van der Waals surface area contributed by atoms with Gasteiger partial charge in [0.05, 0.1) is 6.04 Å². The fourth-order valence-electron chi connectivity index (χ4n) is 2.09. The average Bonchev–Trinajstić information content (AvgIpc) is 2.36. The molecule has 0 aliphatic carbocycles. The van der Waals surface area contributed by atoms with Gasteiger partial charge in [-0.2, -0.15) is 0 Å². The number of imide groups is 1. The number of hydrogen-bond acceptors (Lipinski definition) is 3. The number of nitrogens with zero attached hydrogens (tertiary/aromatic N) is 1. The van der Waals surface area contributed by atoms with Crippen molar-refractivity contribution >= 4 is 11.8 Å². The van der Waals surface area contributed by atoms with Gasteiger partial charge >= 0.3 is 0 Å². The summed E-state index contributed by atoms with van der Waals surface area (Å²) in [5, 5.41) is 0. The Bertz CT molecular complexity index is 453. The molecule has 0 spiro atoms. The quantitative estimate of drug-likeness (QED) is 0.810. The molecule has 1 fully saturated rings. The number of aryl methyl sites for hydroxylation is 1. The molecule has 2 N–H and O–H groups in total. The van der Waals surface area contributed by atoms with E-state index < -0.39 is 6.04 Å². The normalized spacial score (nSPS) is 20.3. The van der Waals surface area contributed by atoms with Crippen molar-refractivity contribution in [1.29, 1.82) is 0 Å². The molecular formula is C14H18N2O2. The maximum atomic E-state index is 11.8. The molecule has 1 unspecified atom stereocenters. The number of benzene rings is 1. The Hall–Kier alpha value is -1.68. The van der Waals surface area contributed by atoms with Gasteiger partial charge in [0.25, 0.3) is 0 Å². The van der Waals surface area contributed by atoms with Gasteiger partial charge in [-0.25, -0.2) is 0 Å². The van der Waals surface area contributed by atoms with Crippen LogP contribution in [0, 0.1) is 6.92 Å². The van der Waals surface area contributed by atoms with Crippen LogP contribution in [-0.4, -0.2) is 29.3 Å². The third-order valence-electron chi connectivity index (χ3n) is 3.30. The first-order valence-electron chi connectivity index (χ1n) is 6.23. The second-order valence-electron chi connectivity index (χ2n) is 4.76. The van der Waals surface area contributed by atoms with E-state index in [1.165, 1.54) is 10.5 Å². The van der Waals surface area contributed by atoms with Gasteiger partial charge < -0.3 is 5.73 Å². The van der Waals surface area contributed by atoms with Gasteiger partial charge in [0.2, 0.25) is 11.8 Å². The molecular weight excluding hydrogens is 228 g/mol. The van der Waals surface area contributed by atoms with Crippen LogP contribution in [0.25, 0.3) is 0 Å². The van der Waals surface area contributed by atoms with Gasteiger partial charge in [-0.05, 0) is 25.3 Å². The van der Waals surface area contributed by atoms with Crippen molar-refractivity contribution in [3.05, 3.63) is 35.4 Å². The number of likely N-dealkylation sites (tertiary alicyclic amines) is 1. The Morgan fingerprint density at radius 1 is 1.28 bits per heavy atom. The minimum atomic E-state index is -0.513. The van der Waals surface area contributed by atoms with Crippen LogP contribution in [0.2, 0.25) is 0 Å². The summed E-state index contributed by atoms with van der Waals surface area (Å²) in [6, 6.07) is 7.59. The lowest BCUT2D eigenvalue weighted by molar-refractivity contribution is -0.149. The average molecular weight is 246 g/mol. The fraction of sp³-hybridized carbons (Fsp3) is 0.429. The first kappa shape index (κ1) is 12.8. The van der Waals surface area contributed by atoms with E-state index in [2.05, 4.69) is 0 Å². The molecule has 1 aromatic carbocycles. The molecule has 0 radical (unpaired) electrons. The SMILES string of the molecule is Cc1ccc(CCN2C(=O)CCC(N)C2=O)cc1. The summed E-state index contributed by atoms with van der Waals surface area (Å²) in [7, 11) is 0. The number of hydrogen-bond donors (Lipinski definition) is 1. The summed E-state index contributed by atoms with van der Waals surface area (Å²) < 4.78 is 0. The van der Waals surface area contributed by atoms with Crippen LogP contribution in [0.4, 0.5) is 0 Å². The van der Waals surface area contributed by atoms with Crippen molar-refractivity contribution in [2.45, 2.75) is 32.2 Å². The number of carbonyl (C=O) groups excluding carboxylic acids is 2. The first-order valence-corrected chi connectivity index (χ1v) is 6.23. The lowest BCUT2D eigenvalue weighted by Crippen LogP contribution is -2.51. The van der Waals surface area contributed by atoms with Crippen molar-refractivity contribution in [3.63, 3.8) is 0 Å². The molecule has 0 aromatic heterocycles. The molecule has 1 atom stereocenters. The Kier molecular flexibility index (Phi) is 3.77. The van der Waals surface area contributed by atoms with Crippen LogP contribution in [0.15, 0.2) is 24.3 Å². The van der Waals surface area contributed by atoms with E-state index in [9.17, 15) is 9.59 Å². The zero-order valence-electron chi connectivity index (χ0n) is 10.6. The summed E-state index contributed by atoms with van der Waals surface area (Å²) in [6.45, 7) is 2.45. The molecule has 0 saturated carbocycles. The number of carbonyl (C=O) groups is 2. The van der Waals surface area contributed by atoms with Crippen LogP contribution in [0.1, 0.15) is 24.0 Å². The molecule has 1 heterocycles. The predicted molar refractivity (Wildman–Crippen MR) is 68.8 cm³/mol. The molecule has 1 saturated heterocycles. The molecule has 1 aromatic rings. The van der Waals surface area contributed by atoms with Gasteiger partial charge in [0, 0.05) is 13.0 Å². The van der Waals surface area contributed by atoms with E-state index in [0.717, 1.165) is 5.56 Å². The summed E-state index contributed by atoms with van der Waals surface area (Å²) in [5.74, 6) is -0.341. The zero-order valence-corrected chi connectivity index (χ0v) is 10.6. The van der Waals surface area contributed by atoms with Gasteiger partial charge in [0.1, 0.15) is 0 Å². The summed E-state index contributed by atoms with van der Waals surface area (Å²) >= 11 is 0. The van der Waals surface area contributed by atoms with Crippen molar-refractivity contribution in [3.8, 4) is 0 Å². The maximum absolute atomic E-state index is 11.8. The van der Waals surface area contributed by atoms with E-state index >= 15 is 0 Å². The molecule has 2 rings (SSSR count). The van der Waals surface area contributed by atoms with E-state index in [1.54, 1.807) is 0 Å². The van der Waals surface area contributed by atoms with Crippen LogP contribution < -0.4 is 5.73 Å². The third-order valence-corrected chi connectivity index (χ3v) is 3.30. The summed E-state index contributed by atoms with van der Waals surface area (Å²) in [4.78, 5) is 24.8. The number of rotatable bonds is 3. The smallest absolute Gasteiger partial charge is 0.246 e. The molecule has 4 nitrogen and oxygen atoms in total. The lowest BCUT2D eigenvalue weighted by Gasteiger charge is -2.28. The van der Waals surface area contributed by atoms with Crippen molar-refractivity contribution < 1.29 is 9.59 Å². The number of amides is 2. The van der Waals surface area contributed by atoms with Crippen LogP contribution in [-0.2, 0) is 16.0 Å². The highest BCUT2D eigenvalue weighted by Gasteiger charge is 2.31. The molecule has 1 aliphatic rings. The largest absolute Gasteiger partial charge is 0.320 e. The summed E-state index contributed by atoms with van der Waals surface area (Å²) in [6.07, 6.45) is 1.53. The fourth-order valence-corrected chi connectivity index (χ4v) is 2.09. The van der Waals surface area contributed by atoms with Crippen molar-refractivity contribution in [2.24, 2.45) is 5.73 Å². The van der Waals surface area contributed by atoms with Crippen LogP contribution in [0.3, 0.4) is 0 Å². The van der Waals surface area contributed by atoms with Crippen LogP contribution in [0.5, 0.6) is 0 Å². The minimum absolute atomic E-state index is 0.103. The van der Waals surface area contributed by atoms with E-state index in [0.29, 0.717) is 25.8 Å². The second-order valence-corrected chi connectivity index (χ2v) is 4.76. The highest BCUT2D eigenvalue weighted by Crippen LogP contribution is 2.13. The molecule has 0 bridgehead atoms. The zero-order chi connectivity index (χ0) is 13.1. The number of nitrogens with two attached hydrogens (primary N) is 1. The van der Waals surface area contributed by atoms with Gasteiger partial charge in [-0.3, -0.25) is 14.5 Å². The minimum Gasteiger partial charge on any atom is -0.320 e. The molecule has 96 valence electrons. The first-order chi connectivity index (χ1) is 8.58. The van der Waals surface area contributed by atoms with E-state index in [1.807, 2.05) is 31.2 Å². The van der Waals surface area contributed by atoms with Gasteiger partial charge in [-0.1, -0.05) is 29.8 Å². The maximum Gasteiger partial charge on any atom is 0.246 e. The predicted octanol–water partition coefficient (Wildman–Crippen LogP) is 1.01. The third kappa shape index (κ3) is 2.76. The lowest BCUT2D eigenvalue weighted by atomic mass is 10.0.